The lowest BCUT2D eigenvalue weighted by molar-refractivity contribution is -0.139. The molecule has 2 N–H and O–H groups in total. The number of esters is 1. The molecule has 5 nitrogen and oxygen atoms in total. The SMILES string of the molecule is COC(=O)Cc1nc2ccccn2c1N. The number of pyridine rings is 1. The first-order valence-corrected chi connectivity index (χ1v) is 4.50. The number of nitrogens with two attached hydrogens (primary N) is 1. The molecular formula is C10H11N3O2. The minimum atomic E-state index is -0.342. The van der Waals surface area contributed by atoms with Crippen LogP contribution in [0.3, 0.4) is 0 Å². The second-order valence-electron chi connectivity index (χ2n) is 3.13. The summed E-state index contributed by atoms with van der Waals surface area (Å²) in [5.41, 5.74) is 7.11. The van der Waals surface area contributed by atoms with Crippen LogP contribution in [0.1, 0.15) is 5.69 Å². The highest BCUT2D eigenvalue weighted by atomic mass is 16.5. The van der Waals surface area contributed by atoms with Crippen molar-refractivity contribution in [3.63, 3.8) is 0 Å². The maximum atomic E-state index is 11.1. The van der Waals surface area contributed by atoms with E-state index in [1.54, 1.807) is 10.6 Å². The van der Waals surface area contributed by atoms with Crippen molar-refractivity contribution in [2.24, 2.45) is 0 Å². The van der Waals surface area contributed by atoms with Crippen molar-refractivity contribution in [1.29, 1.82) is 0 Å². The maximum absolute atomic E-state index is 11.1. The number of nitrogens with zero attached hydrogens (tertiary/aromatic N) is 2. The van der Waals surface area contributed by atoms with E-state index in [-0.39, 0.29) is 12.4 Å². The summed E-state index contributed by atoms with van der Waals surface area (Å²) in [4.78, 5) is 15.3. The van der Waals surface area contributed by atoms with Gasteiger partial charge >= 0.3 is 5.97 Å². The molecule has 0 unspecified atom stereocenters. The van der Waals surface area contributed by atoms with Gasteiger partial charge < -0.3 is 10.5 Å². The molecule has 0 amide bonds. The van der Waals surface area contributed by atoms with Gasteiger partial charge in [0.25, 0.3) is 0 Å². The third kappa shape index (κ3) is 1.63. The number of methoxy groups -OCH3 is 1. The normalized spacial score (nSPS) is 10.5. The summed E-state index contributed by atoms with van der Waals surface area (Å²) in [5, 5.41) is 0. The van der Waals surface area contributed by atoms with Crippen molar-refractivity contribution in [3.05, 3.63) is 30.1 Å². The van der Waals surface area contributed by atoms with Gasteiger partial charge in [-0.3, -0.25) is 9.20 Å². The first-order valence-electron chi connectivity index (χ1n) is 4.50. The van der Waals surface area contributed by atoms with E-state index in [0.29, 0.717) is 11.5 Å². The number of anilines is 1. The molecule has 0 aromatic carbocycles. The van der Waals surface area contributed by atoms with Crippen molar-refractivity contribution in [1.82, 2.24) is 9.38 Å². The lowest BCUT2D eigenvalue weighted by atomic mass is 10.3. The molecule has 2 rings (SSSR count). The molecule has 2 aromatic heterocycles. The van der Waals surface area contributed by atoms with Gasteiger partial charge in [0.15, 0.2) is 0 Å². The Labute approximate surface area is 86.5 Å². The Morgan fingerprint density at radius 1 is 1.60 bits per heavy atom. The predicted octanol–water partition coefficient (Wildman–Crippen LogP) is 0.632. The van der Waals surface area contributed by atoms with E-state index in [1.807, 2.05) is 18.2 Å². The Bertz CT molecular complexity index is 504. The van der Waals surface area contributed by atoms with E-state index in [0.717, 1.165) is 5.65 Å². The molecule has 5 heteroatoms. The molecule has 15 heavy (non-hydrogen) atoms. The Hall–Kier alpha value is -2.04. The number of carbonyl (C=O) groups is 1. The van der Waals surface area contributed by atoms with E-state index >= 15 is 0 Å². The first kappa shape index (κ1) is 9.51. The Kier molecular flexibility index (Phi) is 2.29. The molecule has 0 fully saturated rings. The zero-order valence-electron chi connectivity index (χ0n) is 8.30. The van der Waals surface area contributed by atoms with Gasteiger partial charge in [0, 0.05) is 6.20 Å². The van der Waals surface area contributed by atoms with Gasteiger partial charge in [-0.25, -0.2) is 4.98 Å². The summed E-state index contributed by atoms with van der Waals surface area (Å²) >= 11 is 0. The van der Waals surface area contributed by atoms with Crippen molar-refractivity contribution in [2.45, 2.75) is 6.42 Å². The quantitative estimate of drug-likeness (QED) is 0.730. The zero-order chi connectivity index (χ0) is 10.8. The number of imidazole rings is 1. The number of hydrogen-bond acceptors (Lipinski definition) is 4. The van der Waals surface area contributed by atoms with E-state index in [4.69, 9.17) is 5.73 Å². The number of nitrogen functional groups attached to an aromatic ring is 1. The molecule has 0 aliphatic carbocycles. The standard InChI is InChI=1S/C10H11N3O2/c1-15-9(14)6-7-10(11)13-5-3-2-4-8(13)12-7/h2-5H,6,11H2,1H3. The van der Waals surface area contributed by atoms with Gasteiger partial charge in [-0.15, -0.1) is 0 Å². The molecule has 2 heterocycles. The van der Waals surface area contributed by atoms with Crippen LogP contribution in [0.5, 0.6) is 0 Å². The van der Waals surface area contributed by atoms with Crippen LogP contribution in [0.4, 0.5) is 5.82 Å². The predicted molar refractivity (Wildman–Crippen MR) is 55.3 cm³/mol. The third-order valence-electron chi connectivity index (χ3n) is 2.18. The minimum Gasteiger partial charge on any atom is -0.469 e. The van der Waals surface area contributed by atoms with E-state index in [1.165, 1.54) is 7.11 Å². The van der Waals surface area contributed by atoms with Gasteiger partial charge in [0.1, 0.15) is 11.5 Å². The second-order valence-corrected chi connectivity index (χ2v) is 3.13. The van der Waals surface area contributed by atoms with Crippen LogP contribution >= 0.6 is 0 Å². The maximum Gasteiger partial charge on any atom is 0.311 e. The fourth-order valence-corrected chi connectivity index (χ4v) is 1.40. The molecule has 0 saturated carbocycles. The molecule has 0 aliphatic rings. The summed E-state index contributed by atoms with van der Waals surface area (Å²) in [5.74, 6) is 0.140. The van der Waals surface area contributed by atoms with Crippen LogP contribution in [0, 0.1) is 0 Å². The molecule has 0 atom stereocenters. The number of aromatic nitrogens is 2. The van der Waals surface area contributed by atoms with Crippen LogP contribution in [-0.4, -0.2) is 22.5 Å². The third-order valence-corrected chi connectivity index (χ3v) is 2.18. The molecule has 0 bridgehead atoms. The highest BCUT2D eigenvalue weighted by molar-refractivity contribution is 5.74. The van der Waals surface area contributed by atoms with Crippen molar-refractivity contribution in [3.8, 4) is 0 Å². The monoisotopic (exact) mass is 205 g/mol. The van der Waals surface area contributed by atoms with Gasteiger partial charge in [-0.2, -0.15) is 0 Å². The smallest absolute Gasteiger partial charge is 0.311 e. The fourth-order valence-electron chi connectivity index (χ4n) is 1.40. The number of hydrogen-bond donors (Lipinski definition) is 1. The number of rotatable bonds is 2. The van der Waals surface area contributed by atoms with Gasteiger partial charge in [-0.1, -0.05) is 6.07 Å². The lowest BCUT2D eigenvalue weighted by Gasteiger charge is -1.97. The fraction of sp³-hybridized carbons (Fsp3) is 0.200. The summed E-state index contributed by atoms with van der Waals surface area (Å²) in [6, 6.07) is 5.55. The van der Waals surface area contributed by atoms with Gasteiger partial charge in [-0.05, 0) is 12.1 Å². The molecule has 78 valence electrons. The molecule has 0 aliphatic heterocycles. The molecule has 0 spiro atoms. The van der Waals surface area contributed by atoms with Crippen LogP contribution < -0.4 is 5.73 Å². The minimum absolute atomic E-state index is 0.101. The van der Waals surface area contributed by atoms with Crippen molar-refractivity contribution >= 4 is 17.4 Å². The Morgan fingerprint density at radius 2 is 2.40 bits per heavy atom. The topological polar surface area (TPSA) is 69.6 Å². The summed E-state index contributed by atoms with van der Waals surface area (Å²) in [7, 11) is 1.34. The highest BCUT2D eigenvalue weighted by Crippen LogP contribution is 2.15. The van der Waals surface area contributed by atoms with Crippen LogP contribution in [0.15, 0.2) is 24.4 Å². The largest absolute Gasteiger partial charge is 0.469 e. The molecule has 0 radical (unpaired) electrons. The average molecular weight is 205 g/mol. The second kappa shape index (κ2) is 3.61. The van der Waals surface area contributed by atoms with Crippen LogP contribution in [-0.2, 0) is 16.0 Å². The number of fused-ring (bicyclic) bond motifs is 1. The van der Waals surface area contributed by atoms with Gasteiger partial charge in [0.2, 0.25) is 0 Å². The number of carbonyl (C=O) groups excluding carboxylic acids is 1. The van der Waals surface area contributed by atoms with Crippen LogP contribution in [0.2, 0.25) is 0 Å². The Morgan fingerprint density at radius 3 is 3.07 bits per heavy atom. The van der Waals surface area contributed by atoms with Crippen molar-refractivity contribution in [2.75, 3.05) is 12.8 Å². The summed E-state index contributed by atoms with van der Waals surface area (Å²) < 4.78 is 6.30. The zero-order valence-corrected chi connectivity index (χ0v) is 8.30. The first-order chi connectivity index (χ1) is 7.22. The Balaban J connectivity index is 2.44. The average Bonchev–Trinajstić information content (AvgIpc) is 2.57. The molecule has 0 saturated heterocycles. The van der Waals surface area contributed by atoms with E-state index in [9.17, 15) is 4.79 Å². The molecule has 2 aromatic rings. The van der Waals surface area contributed by atoms with Crippen molar-refractivity contribution < 1.29 is 9.53 Å². The van der Waals surface area contributed by atoms with Crippen LogP contribution in [0.25, 0.3) is 5.65 Å². The lowest BCUT2D eigenvalue weighted by Crippen LogP contribution is -2.07. The highest BCUT2D eigenvalue weighted by Gasteiger charge is 2.12. The summed E-state index contributed by atoms with van der Waals surface area (Å²) in [6.07, 6.45) is 1.91. The van der Waals surface area contributed by atoms with E-state index in [2.05, 4.69) is 9.72 Å². The molecular weight excluding hydrogens is 194 g/mol. The number of ether oxygens (including phenoxy) is 1. The van der Waals surface area contributed by atoms with Gasteiger partial charge in [0.05, 0.1) is 19.2 Å². The summed E-state index contributed by atoms with van der Waals surface area (Å²) in [6.45, 7) is 0. The van der Waals surface area contributed by atoms with E-state index < -0.39 is 0 Å².